The molecule has 0 saturated heterocycles. The molecule has 0 aromatic heterocycles. The number of aliphatic carboxylic acids is 2. The van der Waals surface area contributed by atoms with Crippen LogP contribution in [0, 0.1) is 0 Å². The van der Waals surface area contributed by atoms with Gasteiger partial charge in [-0.05, 0) is 12.2 Å². The van der Waals surface area contributed by atoms with Gasteiger partial charge in [-0.2, -0.15) is 0 Å². The summed E-state index contributed by atoms with van der Waals surface area (Å²) in [6.07, 6.45) is 0.769. The molecule has 0 heterocycles. The van der Waals surface area contributed by atoms with Crippen LogP contribution in [0.4, 0.5) is 0 Å². The van der Waals surface area contributed by atoms with Gasteiger partial charge in [0.25, 0.3) is 0 Å². The molecular weight excluding hydrogens is 176 g/mol. The number of carboxylic acids is 2. The van der Waals surface area contributed by atoms with E-state index in [4.69, 9.17) is 0 Å². The van der Waals surface area contributed by atoms with Crippen molar-refractivity contribution in [3.8, 4) is 0 Å². The molecule has 9 heavy (non-hydrogen) atoms. The zero-order valence-corrected chi connectivity index (χ0v) is 5.03. The smallest absolute Gasteiger partial charge is 0.545 e. The van der Waals surface area contributed by atoms with E-state index in [1.165, 1.54) is 0 Å². The second-order valence-corrected chi connectivity index (χ2v) is 0.971. The molecule has 0 aliphatic rings. The average Bonchev–Trinajstić information content (AvgIpc) is 1.61. The van der Waals surface area contributed by atoms with Crippen molar-refractivity contribution in [1.82, 2.24) is 0 Å². The summed E-state index contributed by atoms with van der Waals surface area (Å²) >= 11 is 0. The Kier molecular flexibility index (Phi) is 6.56. The number of hydrogen-bond acceptors (Lipinski definition) is 4. The molecule has 1 radical (unpaired) electrons. The van der Waals surface area contributed by atoms with E-state index < -0.39 is 11.9 Å². The fourth-order valence-electron chi connectivity index (χ4n) is 0.136. The first-order valence-electron chi connectivity index (χ1n) is 1.73. The van der Waals surface area contributed by atoms with E-state index in [0.717, 1.165) is 0 Å². The van der Waals surface area contributed by atoms with Crippen molar-refractivity contribution in [2.75, 3.05) is 0 Å². The Hall–Kier alpha value is -0.801. The van der Waals surface area contributed by atoms with Gasteiger partial charge in [0.1, 0.15) is 0 Å². The Morgan fingerprint density at radius 1 is 1.00 bits per heavy atom. The Morgan fingerprint density at radius 3 is 1.33 bits per heavy atom. The van der Waals surface area contributed by atoms with E-state index in [9.17, 15) is 19.8 Å². The number of rotatable bonds is 2. The van der Waals surface area contributed by atoms with Crippen molar-refractivity contribution in [1.29, 1.82) is 0 Å². The minimum atomic E-state index is -1.55. The molecule has 53 valence electrons. The van der Waals surface area contributed by atoms with Crippen LogP contribution in [-0.2, 0) is 26.7 Å². The van der Waals surface area contributed by atoms with Gasteiger partial charge in [-0.1, -0.05) is 0 Å². The summed E-state index contributed by atoms with van der Waals surface area (Å²) in [6, 6.07) is 0. The van der Waals surface area contributed by atoms with Crippen LogP contribution in [0.2, 0.25) is 0 Å². The van der Waals surface area contributed by atoms with Crippen molar-refractivity contribution in [2.45, 2.75) is 0 Å². The van der Waals surface area contributed by atoms with Gasteiger partial charge >= 0.3 is 17.1 Å². The first kappa shape index (κ1) is 11.1. The molecule has 0 aromatic carbocycles. The zero-order chi connectivity index (χ0) is 6.57. The largest absolute Gasteiger partial charge is 2.00 e. The van der Waals surface area contributed by atoms with E-state index in [1.54, 1.807) is 0 Å². The summed E-state index contributed by atoms with van der Waals surface area (Å²) in [5.74, 6) is -3.09. The summed E-state index contributed by atoms with van der Waals surface area (Å²) < 4.78 is 0. The van der Waals surface area contributed by atoms with Gasteiger partial charge in [-0.25, -0.2) is 0 Å². The first-order valence-corrected chi connectivity index (χ1v) is 1.73. The zero-order valence-electron chi connectivity index (χ0n) is 4.09. The molecule has 0 fully saturated rings. The van der Waals surface area contributed by atoms with E-state index in [2.05, 4.69) is 0 Å². The van der Waals surface area contributed by atoms with Crippen LogP contribution in [0.15, 0.2) is 12.2 Å². The molecule has 5 heteroatoms. The van der Waals surface area contributed by atoms with Gasteiger partial charge in [0.15, 0.2) is 0 Å². The fourth-order valence-corrected chi connectivity index (χ4v) is 0.136. The van der Waals surface area contributed by atoms with Crippen LogP contribution in [0.5, 0.6) is 0 Å². The third-order valence-corrected chi connectivity index (χ3v) is 0.355. The second-order valence-electron chi connectivity index (χ2n) is 0.971. The predicted molar refractivity (Wildman–Crippen MR) is 19.2 cm³/mol. The number of carbonyl (C=O) groups excluding carboxylic acids is 2. The molecule has 0 N–H and O–H groups in total. The van der Waals surface area contributed by atoms with Gasteiger partial charge in [-0.15, -0.1) is 0 Å². The van der Waals surface area contributed by atoms with Crippen LogP contribution in [0.1, 0.15) is 0 Å². The summed E-state index contributed by atoms with van der Waals surface area (Å²) in [5, 5.41) is 18.8. The van der Waals surface area contributed by atoms with Crippen LogP contribution in [-0.4, -0.2) is 11.9 Å². The standard InChI is InChI=1S/C4H4O4.Cu/c5-3(6)1-2-4(7)8;/h1-2H,(H,5,6)(H,7,8);/q;+2/p-2/b2-1-;. The molecule has 0 rings (SSSR count). The molecule has 0 amide bonds. The molecule has 0 atom stereocenters. The Labute approximate surface area is 61.7 Å². The minimum Gasteiger partial charge on any atom is -0.545 e. The summed E-state index contributed by atoms with van der Waals surface area (Å²) in [7, 11) is 0. The van der Waals surface area contributed by atoms with Crippen molar-refractivity contribution in [2.24, 2.45) is 0 Å². The molecule has 4 nitrogen and oxygen atoms in total. The molecule has 0 bridgehead atoms. The normalized spacial score (nSPS) is 8.44. The molecule has 0 aliphatic carbocycles. The Bertz CT molecular complexity index is 124. The van der Waals surface area contributed by atoms with Gasteiger partial charge in [0, 0.05) is 0 Å². The summed E-state index contributed by atoms with van der Waals surface area (Å²) in [4.78, 5) is 18.8. The maximum atomic E-state index is 9.41. The van der Waals surface area contributed by atoms with E-state index >= 15 is 0 Å². The van der Waals surface area contributed by atoms with Gasteiger partial charge < -0.3 is 19.8 Å². The predicted octanol–water partition coefficient (Wildman–Crippen LogP) is -2.96. The van der Waals surface area contributed by atoms with Gasteiger partial charge in [0.05, 0.1) is 11.9 Å². The molecule has 0 spiro atoms. The van der Waals surface area contributed by atoms with Crippen LogP contribution in [0.25, 0.3) is 0 Å². The van der Waals surface area contributed by atoms with E-state index in [-0.39, 0.29) is 17.1 Å². The van der Waals surface area contributed by atoms with Crippen molar-refractivity contribution >= 4 is 11.9 Å². The molecule has 0 aliphatic heterocycles. The quantitative estimate of drug-likeness (QED) is 0.334. The number of hydrogen-bond donors (Lipinski definition) is 0. The fraction of sp³-hybridized carbons (Fsp3) is 0. The van der Waals surface area contributed by atoms with Crippen LogP contribution >= 0.6 is 0 Å². The SMILES string of the molecule is O=C([O-])/C=C\C(=O)[O-].[Cu+2]. The van der Waals surface area contributed by atoms with E-state index in [1.807, 2.05) is 0 Å². The van der Waals surface area contributed by atoms with Crippen molar-refractivity contribution in [3.63, 3.8) is 0 Å². The maximum absolute atomic E-state index is 9.41. The molecule has 0 aromatic rings. The molecule has 0 saturated carbocycles. The van der Waals surface area contributed by atoms with Crippen molar-refractivity contribution in [3.05, 3.63) is 12.2 Å². The third-order valence-electron chi connectivity index (χ3n) is 0.355. The monoisotopic (exact) mass is 177 g/mol. The maximum Gasteiger partial charge on any atom is 2.00 e. The summed E-state index contributed by atoms with van der Waals surface area (Å²) in [5.41, 5.74) is 0. The van der Waals surface area contributed by atoms with Gasteiger partial charge in [0.2, 0.25) is 0 Å². The number of carboxylic acid groups (broad SMARTS) is 2. The first-order chi connectivity index (χ1) is 3.63. The average molecular weight is 178 g/mol. The topological polar surface area (TPSA) is 80.3 Å². The van der Waals surface area contributed by atoms with Gasteiger partial charge in [-0.3, -0.25) is 0 Å². The molecule has 0 unspecified atom stereocenters. The minimum absolute atomic E-state index is 0. The Morgan fingerprint density at radius 2 is 1.22 bits per heavy atom. The third kappa shape index (κ3) is 11.0. The Balaban J connectivity index is 0. The number of carbonyl (C=O) groups is 2. The molecular formula is C4H2CuO4. The van der Waals surface area contributed by atoms with E-state index in [0.29, 0.717) is 12.2 Å². The summed E-state index contributed by atoms with van der Waals surface area (Å²) in [6.45, 7) is 0. The van der Waals surface area contributed by atoms with Crippen LogP contribution in [0.3, 0.4) is 0 Å². The second kappa shape index (κ2) is 5.34. The van der Waals surface area contributed by atoms with Crippen molar-refractivity contribution < 1.29 is 36.9 Å². The van der Waals surface area contributed by atoms with Crippen LogP contribution < -0.4 is 10.2 Å².